The summed E-state index contributed by atoms with van der Waals surface area (Å²) in [5.74, 6) is 6.51. The van der Waals surface area contributed by atoms with Crippen molar-refractivity contribution in [3.63, 3.8) is 0 Å². The second-order valence-corrected chi connectivity index (χ2v) is 4.73. The van der Waals surface area contributed by atoms with E-state index in [-0.39, 0.29) is 6.04 Å². The summed E-state index contributed by atoms with van der Waals surface area (Å²) in [7, 11) is 1.66. The molecule has 0 aliphatic carbocycles. The van der Waals surface area contributed by atoms with Gasteiger partial charge in [0.25, 0.3) is 0 Å². The Bertz CT molecular complexity index is 528. The average molecular weight is 277 g/mol. The summed E-state index contributed by atoms with van der Waals surface area (Å²) in [5, 5.41) is 0.735. The van der Waals surface area contributed by atoms with Crippen LogP contribution in [0.5, 0.6) is 5.75 Å². The van der Waals surface area contributed by atoms with E-state index in [2.05, 4.69) is 5.43 Å². The fourth-order valence-corrected chi connectivity index (χ4v) is 2.20. The molecule has 0 aromatic heterocycles. The zero-order chi connectivity index (χ0) is 13.7. The minimum absolute atomic E-state index is 0.00248. The number of nitrogens with one attached hydrogen (secondary N) is 1. The lowest BCUT2D eigenvalue weighted by molar-refractivity contribution is 0.399. The summed E-state index contributed by atoms with van der Waals surface area (Å²) in [5.41, 5.74) is 5.05. The van der Waals surface area contributed by atoms with Gasteiger partial charge in [0, 0.05) is 10.6 Å². The zero-order valence-electron chi connectivity index (χ0n) is 10.8. The van der Waals surface area contributed by atoms with Crippen molar-refractivity contribution in [3.8, 4) is 5.75 Å². The molecule has 0 spiro atoms. The van der Waals surface area contributed by atoms with Crippen LogP contribution in [-0.4, -0.2) is 7.11 Å². The maximum Gasteiger partial charge on any atom is 0.123 e. The lowest BCUT2D eigenvalue weighted by Gasteiger charge is -2.19. The quantitative estimate of drug-likeness (QED) is 0.652. The molecular formula is C15H17ClN2O. The highest BCUT2D eigenvalue weighted by Crippen LogP contribution is 2.27. The molecule has 0 amide bonds. The van der Waals surface area contributed by atoms with Gasteiger partial charge in [-0.05, 0) is 30.2 Å². The van der Waals surface area contributed by atoms with Crippen LogP contribution in [0.25, 0.3) is 0 Å². The molecule has 0 heterocycles. The smallest absolute Gasteiger partial charge is 0.123 e. The molecule has 0 fully saturated rings. The monoisotopic (exact) mass is 276 g/mol. The minimum Gasteiger partial charge on any atom is -0.496 e. The standard InChI is InChI=1S/C15H17ClN2O/c1-19-15-5-3-2-4-13(15)14(18-17)10-11-6-8-12(16)9-7-11/h2-9,14,18H,10,17H2,1H3. The number of rotatable bonds is 5. The fraction of sp³-hybridized carbons (Fsp3) is 0.200. The van der Waals surface area contributed by atoms with Crippen LogP contribution in [0.1, 0.15) is 17.2 Å². The fourth-order valence-electron chi connectivity index (χ4n) is 2.07. The van der Waals surface area contributed by atoms with Crippen molar-refractivity contribution in [2.45, 2.75) is 12.5 Å². The maximum absolute atomic E-state index is 5.89. The van der Waals surface area contributed by atoms with E-state index < -0.39 is 0 Å². The Balaban J connectivity index is 2.22. The van der Waals surface area contributed by atoms with E-state index >= 15 is 0 Å². The first-order chi connectivity index (χ1) is 9.24. The van der Waals surface area contributed by atoms with Crippen LogP contribution in [0.3, 0.4) is 0 Å². The molecule has 0 saturated heterocycles. The van der Waals surface area contributed by atoms with Gasteiger partial charge >= 0.3 is 0 Å². The molecular weight excluding hydrogens is 260 g/mol. The molecule has 0 aliphatic heterocycles. The second kappa shape index (κ2) is 6.57. The third-order valence-electron chi connectivity index (χ3n) is 3.07. The van der Waals surface area contributed by atoms with Crippen LogP contribution in [0.15, 0.2) is 48.5 Å². The average Bonchev–Trinajstić information content (AvgIpc) is 2.46. The molecule has 1 atom stereocenters. The topological polar surface area (TPSA) is 47.3 Å². The summed E-state index contributed by atoms with van der Waals surface area (Å²) >= 11 is 5.89. The predicted molar refractivity (Wildman–Crippen MR) is 78.2 cm³/mol. The van der Waals surface area contributed by atoms with Crippen molar-refractivity contribution in [2.75, 3.05) is 7.11 Å². The first-order valence-electron chi connectivity index (χ1n) is 6.08. The molecule has 4 heteroatoms. The van der Waals surface area contributed by atoms with Gasteiger partial charge in [-0.1, -0.05) is 41.9 Å². The van der Waals surface area contributed by atoms with E-state index in [1.807, 2.05) is 48.5 Å². The van der Waals surface area contributed by atoms with Crippen LogP contribution in [0.2, 0.25) is 5.02 Å². The molecule has 0 aliphatic rings. The van der Waals surface area contributed by atoms with E-state index in [1.54, 1.807) is 7.11 Å². The lowest BCUT2D eigenvalue weighted by atomic mass is 9.98. The van der Waals surface area contributed by atoms with E-state index in [9.17, 15) is 0 Å². The first kappa shape index (κ1) is 13.9. The number of methoxy groups -OCH3 is 1. The first-order valence-corrected chi connectivity index (χ1v) is 6.46. The summed E-state index contributed by atoms with van der Waals surface area (Å²) in [6, 6.07) is 15.6. The highest BCUT2D eigenvalue weighted by molar-refractivity contribution is 6.30. The number of nitrogens with two attached hydrogens (primary N) is 1. The molecule has 1 unspecified atom stereocenters. The van der Waals surface area contributed by atoms with Gasteiger partial charge in [-0.25, -0.2) is 0 Å². The highest BCUT2D eigenvalue weighted by atomic mass is 35.5. The maximum atomic E-state index is 5.89. The van der Waals surface area contributed by atoms with Gasteiger partial charge in [-0.2, -0.15) is 0 Å². The van der Waals surface area contributed by atoms with E-state index in [4.69, 9.17) is 22.2 Å². The molecule has 2 aromatic carbocycles. The summed E-state index contributed by atoms with van der Waals surface area (Å²) < 4.78 is 5.37. The van der Waals surface area contributed by atoms with Crippen molar-refractivity contribution in [1.29, 1.82) is 0 Å². The summed E-state index contributed by atoms with van der Waals surface area (Å²) in [6.07, 6.45) is 0.772. The Kier molecular flexibility index (Phi) is 4.80. The zero-order valence-corrected chi connectivity index (χ0v) is 11.5. The third kappa shape index (κ3) is 3.47. The Labute approximate surface area is 118 Å². The SMILES string of the molecule is COc1ccccc1C(Cc1ccc(Cl)cc1)NN. The van der Waals surface area contributed by atoms with Crippen molar-refractivity contribution in [3.05, 3.63) is 64.7 Å². The molecule has 100 valence electrons. The van der Waals surface area contributed by atoms with Crippen LogP contribution in [-0.2, 0) is 6.42 Å². The summed E-state index contributed by atoms with van der Waals surface area (Å²) in [4.78, 5) is 0. The van der Waals surface area contributed by atoms with Gasteiger partial charge in [0.1, 0.15) is 5.75 Å². The lowest BCUT2D eigenvalue weighted by Crippen LogP contribution is -2.29. The third-order valence-corrected chi connectivity index (χ3v) is 3.32. The van der Waals surface area contributed by atoms with Gasteiger partial charge in [0.15, 0.2) is 0 Å². The number of hydrogen-bond donors (Lipinski definition) is 2. The van der Waals surface area contributed by atoms with Crippen LogP contribution in [0.4, 0.5) is 0 Å². The van der Waals surface area contributed by atoms with Crippen LogP contribution in [0, 0.1) is 0 Å². The predicted octanol–water partition coefficient (Wildman–Crippen LogP) is 3.10. The normalized spacial score (nSPS) is 12.2. The number of benzene rings is 2. The number of hydrazine groups is 1. The number of halogens is 1. The minimum atomic E-state index is -0.00248. The molecule has 19 heavy (non-hydrogen) atoms. The van der Waals surface area contributed by atoms with Gasteiger partial charge < -0.3 is 4.74 Å². The van der Waals surface area contributed by atoms with Gasteiger partial charge in [0.05, 0.1) is 13.2 Å². The molecule has 2 rings (SSSR count). The summed E-state index contributed by atoms with van der Waals surface area (Å²) in [6.45, 7) is 0. The van der Waals surface area contributed by atoms with Crippen LogP contribution < -0.4 is 16.0 Å². The molecule has 0 bridgehead atoms. The number of hydrogen-bond acceptors (Lipinski definition) is 3. The molecule has 3 N–H and O–H groups in total. The van der Waals surface area contributed by atoms with Crippen molar-refractivity contribution in [2.24, 2.45) is 5.84 Å². The van der Waals surface area contributed by atoms with Gasteiger partial charge in [-0.15, -0.1) is 0 Å². The largest absolute Gasteiger partial charge is 0.496 e. The van der Waals surface area contributed by atoms with Crippen LogP contribution >= 0.6 is 11.6 Å². The van der Waals surface area contributed by atoms with E-state index in [0.29, 0.717) is 0 Å². The molecule has 0 radical (unpaired) electrons. The Morgan fingerprint density at radius 1 is 1.16 bits per heavy atom. The molecule has 2 aromatic rings. The van der Waals surface area contributed by atoms with E-state index in [0.717, 1.165) is 22.8 Å². The highest BCUT2D eigenvalue weighted by Gasteiger charge is 2.14. The number of para-hydroxylation sites is 1. The van der Waals surface area contributed by atoms with Crippen molar-refractivity contribution >= 4 is 11.6 Å². The Hall–Kier alpha value is -1.55. The van der Waals surface area contributed by atoms with Gasteiger partial charge in [0.2, 0.25) is 0 Å². The second-order valence-electron chi connectivity index (χ2n) is 4.29. The Morgan fingerprint density at radius 2 is 1.84 bits per heavy atom. The number of ether oxygens (including phenoxy) is 1. The van der Waals surface area contributed by atoms with Gasteiger partial charge in [-0.3, -0.25) is 11.3 Å². The molecule has 0 saturated carbocycles. The van der Waals surface area contributed by atoms with E-state index in [1.165, 1.54) is 5.56 Å². The Morgan fingerprint density at radius 3 is 2.47 bits per heavy atom. The van der Waals surface area contributed by atoms with Crippen molar-refractivity contribution in [1.82, 2.24) is 5.43 Å². The molecule has 3 nitrogen and oxygen atoms in total. The van der Waals surface area contributed by atoms with Crippen molar-refractivity contribution < 1.29 is 4.74 Å².